The number of aromatic nitrogens is 2. The van der Waals surface area contributed by atoms with Crippen molar-refractivity contribution in [1.29, 1.82) is 0 Å². The second-order valence-electron chi connectivity index (χ2n) is 6.20. The summed E-state index contributed by atoms with van der Waals surface area (Å²) in [4.78, 5) is 23.9. The Bertz CT molecular complexity index is 1050. The average molecular weight is 389 g/mol. The monoisotopic (exact) mass is 388 g/mol. The topological polar surface area (TPSA) is 85.2 Å². The number of hydrogen-bond donors (Lipinski definition) is 1. The number of thioether (sulfide) groups is 1. The van der Waals surface area contributed by atoms with Crippen molar-refractivity contribution in [2.24, 2.45) is 0 Å². The van der Waals surface area contributed by atoms with E-state index in [0.717, 1.165) is 29.4 Å². The summed E-state index contributed by atoms with van der Waals surface area (Å²) in [6.45, 7) is 1.89. The predicted molar refractivity (Wildman–Crippen MR) is 104 cm³/mol. The molecule has 8 heteroatoms. The summed E-state index contributed by atoms with van der Waals surface area (Å²) in [5, 5.41) is 1.73. The Morgan fingerprint density at radius 2 is 2.27 bits per heavy atom. The number of nitrogen functional groups attached to an aromatic ring is 1. The first-order valence-electron chi connectivity index (χ1n) is 8.17. The third kappa shape index (κ3) is 3.18. The maximum Gasteiger partial charge on any atom is 0.199 e. The number of benzene rings is 1. The molecule has 26 heavy (non-hydrogen) atoms. The largest absolute Gasteiger partial charge is 0.440 e. The molecule has 1 aliphatic heterocycles. The number of nitrogens with two attached hydrogens (primary N) is 1. The molecule has 0 bridgehead atoms. The van der Waals surface area contributed by atoms with Gasteiger partial charge in [0.2, 0.25) is 0 Å². The van der Waals surface area contributed by atoms with Crippen LogP contribution in [0.5, 0.6) is 0 Å². The van der Waals surface area contributed by atoms with Crippen molar-refractivity contribution in [2.75, 3.05) is 18.5 Å². The maximum absolute atomic E-state index is 12.9. The first kappa shape index (κ1) is 17.3. The van der Waals surface area contributed by atoms with E-state index in [2.05, 4.69) is 14.9 Å². The Labute approximate surface area is 159 Å². The van der Waals surface area contributed by atoms with E-state index in [4.69, 9.17) is 21.8 Å². The third-order valence-electron chi connectivity index (χ3n) is 4.53. The molecule has 1 aromatic carbocycles. The van der Waals surface area contributed by atoms with Crippen LogP contribution in [0.15, 0.2) is 38.8 Å². The first-order valence-corrected chi connectivity index (χ1v) is 9.77. The van der Waals surface area contributed by atoms with Crippen molar-refractivity contribution in [2.45, 2.75) is 24.7 Å². The van der Waals surface area contributed by atoms with E-state index in [9.17, 15) is 4.79 Å². The van der Waals surface area contributed by atoms with Crippen molar-refractivity contribution in [1.82, 2.24) is 14.9 Å². The Morgan fingerprint density at radius 1 is 1.42 bits per heavy atom. The van der Waals surface area contributed by atoms with Crippen LogP contribution < -0.4 is 11.2 Å². The van der Waals surface area contributed by atoms with Crippen LogP contribution in [-0.2, 0) is 19.5 Å². The SMILES string of the molecule is CSc1ncc2c(n1)CCN(Cc1c(N)oc3ccc(Cl)cc3c1=O)C2. The van der Waals surface area contributed by atoms with Gasteiger partial charge in [-0.25, -0.2) is 9.97 Å². The number of rotatable bonds is 3. The van der Waals surface area contributed by atoms with Crippen molar-refractivity contribution in [3.63, 3.8) is 0 Å². The second kappa shape index (κ2) is 6.90. The summed E-state index contributed by atoms with van der Waals surface area (Å²) in [6.07, 6.45) is 4.65. The van der Waals surface area contributed by atoms with Crippen LogP contribution in [0.3, 0.4) is 0 Å². The van der Waals surface area contributed by atoms with Crippen LogP contribution in [0.25, 0.3) is 11.0 Å². The zero-order chi connectivity index (χ0) is 18.3. The Kier molecular flexibility index (Phi) is 4.60. The zero-order valence-electron chi connectivity index (χ0n) is 14.2. The summed E-state index contributed by atoms with van der Waals surface area (Å²) in [5.41, 5.74) is 8.96. The lowest BCUT2D eigenvalue weighted by Gasteiger charge is -2.27. The van der Waals surface area contributed by atoms with Crippen LogP contribution in [-0.4, -0.2) is 27.7 Å². The van der Waals surface area contributed by atoms with Gasteiger partial charge < -0.3 is 10.2 Å². The number of halogens is 1. The molecular formula is C18H17ClN4O2S. The van der Waals surface area contributed by atoms with E-state index in [-0.39, 0.29) is 11.3 Å². The summed E-state index contributed by atoms with van der Waals surface area (Å²) >= 11 is 7.55. The van der Waals surface area contributed by atoms with Crippen LogP contribution in [0.4, 0.5) is 5.88 Å². The first-order chi connectivity index (χ1) is 12.5. The predicted octanol–water partition coefficient (Wildman–Crippen LogP) is 3.10. The molecule has 0 saturated heterocycles. The highest BCUT2D eigenvalue weighted by molar-refractivity contribution is 7.98. The Balaban J connectivity index is 1.64. The molecule has 0 aliphatic carbocycles. The molecule has 2 N–H and O–H groups in total. The lowest BCUT2D eigenvalue weighted by atomic mass is 10.1. The van der Waals surface area contributed by atoms with Crippen molar-refractivity contribution in [3.05, 3.63) is 56.5 Å². The number of hydrogen-bond acceptors (Lipinski definition) is 7. The minimum absolute atomic E-state index is 0.133. The van der Waals surface area contributed by atoms with Gasteiger partial charge in [-0.05, 0) is 24.5 Å². The highest BCUT2D eigenvalue weighted by Gasteiger charge is 2.22. The number of anilines is 1. The lowest BCUT2D eigenvalue weighted by molar-refractivity contribution is 0.240. The molecule has 1 aliphatic rings. The van der Waals surface area contributed by atoms with Gasteiger partial charge in [0.05, 0.1) is 16.6 Å². The standard InChI is InChI=1S/C18H17ClN4O2S/c1-26-18-21-7-10-8-23(5-4-14(10)22-18)9-13-16(24)12-6-11(19)2-3-15(12)25-17(13)20/h2-3,6-7H,4-5,8-9,20H2,1H3. The van der Waals surface area contributed by atoms with Gasteiger partial charge in [0.1, 0.15) is 5.58 Å². The minimum Gasteiger partial charge on any atom is -0.440 e. The normalized spacial score (nSPS) is 14.5. The van der Waals surface area contributed by atoms with Gasteiger partial charge in [0.25, 0.3) is 0 Å². The van der Waals surface area contributed by atoms with Gasteiger partial charge in [-0.3, -0.25) is 9.69 Å². The fourth-order valence-corrected chi connectivity index (χ4v) is 3.72. The van der Waals surface area contributed by atoms with Gasteiger partial charge in [-0.2, -0.15) is 0 Å². The molecule has 0 spiro atoms. The molecule has 134 valence electrons. The molecule has 0 saturated carbocycles. The molecule has 0 unspecified atom stereocenters. The summed E-state index contributed by atoms with van der Waals surface area (Å²) in [6, 6.07) is 4.96. The molecule has 0 fully saturated rings. The highest BCUT2D eigenvalue weighted by Crippen LogP contribution is 2.24. The van der Waals surface area contributed by atoms with Crippen LogP contribution in [0.1, 0.15) is 16.8 Å². The lowest BCUT2D eigenvalue weighted by Crippen LogP contribution is -2.33. The molecular weight excluding hydrogens is 372 g/mol. The summed E-state index contributed by atoms with van der Waals surface area (Å²) in [5.74, 6) is 0.157. The zero-order valence-corrected chi connectivity index (χ0v) is 15.7. The Morgan fingerprint density at radius 3 is 3.08 bits per heavy atom. The van der Waals surface area contributed by atoms with E-state index in [0.29, 0.717) is 34.6 Å². The van der Waals surface area contributed by atoms with E-state index in [1.807, 2.05) is 12.5 Å². The van der Waals surface area contributed by atoms with Gasteiger partial charge in [-0.15, -0.1) is 0 Å². The molecule has 0 atom stereocenters. The van der Waals surface area contributed by atoms with E-state index in [1.54, 1.807) is 18.2 Å². The van der Waals surface area contributed by atoms with Crippen LogP contribution >= 0.6 is 23.4 Å². The van der Waals surface area contributed by atoms with Crippen molar-refractivity contribution >= 4 is 40.2 Å². The number of fused-ring (bicyclic) bond motifs is 2. The van der Waals surface area contributed by atoms with Crippen molar-refractivity contribution < 1.29 is 4.42 Å². The smallest absolute Gasteiger partial charge is 0.199 e. The molecule has 4 rings (SSSR count). The fourth-order valence-electron chi connectivity index (χ4n) is 3.19. The van der Waals surface area contributed by atoms with E-state index >= 15 is 0 Å². The fraction of sp³-hybridized carbons (Fsp3) is 0.278. The quantitative estimate of drug-likeness (QED) is 0.545. The molecule has 6 nitrogen and oxygen atoms in total. The molecule has 3 heterocycles. The maximum atomic E-state index is 12.9. The van der Waals surface area contributed by atoms with Crippen LogP contribution in [0, 0.1) is 0 Å². The number of nitrogens with zero attached hydrogens (tertiary/aromatic N) is 3. The average Bonchev–Trinajstić information content (AvgIpc) is 2.65. The molecule has 0 amide bonds. The summed E-state index contributed by atoms with van der Waals surface area (Å²) in [7, 11) is 0. The highest BCUT2D eigenvalue weighted by atomic mass is 35.5. The van der Waals surface area contributed by atoms with Gasteiger partial charge in [0.15, 0.2) is 16.5 Å². The third-order valence-corrected chi connectivity index (χ3v) is 5.33. The van der Waals surface area contributed by atoms with Crippen LogP contribution in [0.2, 0.25) is 5.02 Å². The van der Waals surface area contributed by atoms with E-state index in [1.165, 1.54) is 11.8 Å². The van der Waals surface area contributed by atoms with Gasteiger partial charge in [-0.1, -0.05) is 23.4 Å². The molecule has 3 aromatic rings. The van der Waals surface area contributed by atoms with Gasteiger partial charge >= 0.3 is 0 Å². The molecule has 2 aromatic heterocycles. The minimum atomic E-state index is -0.133. The van der Waals surface area contributed by atoms with Crippen molar-refractivity contribution in [3.8, 4) is 0 Å². The Hall–Kier alpha value is -2.09. The van der Waals surface area contributed by atoms with Gasteiger partial charge in [0, 0.05) is 42.8 Å². The summed E-state index contributed by atoms with van der Waals surface area (Å²) < 4.78 is 5.63. The second-order valence-corrected chi connectivity index (χ2v) is 7.41. The molecule has 0 radical (unpaired) electrons. The van der Waals surface area contributed by atoms with E-state index < -0.39 is 0 Å².